The van der Waals surface area contributed by atoms with E-state index in [0.29, 0.717) is 0 Å². The number of aryl methyl sites for hydroxylation is 2. The molecule has 0 saturated heterocycles. The lowest BCUT2D eigenvalue weighted by Gasteiger charge is -2.29. The normalized spacial score (nSPS) is 14.0. The van der Waals surface area contributed by atoms with Crippen molar-refractivity contribution in [3.63, 3.8) is 0 Å². The summed E-state index contributed by atoms with van der Waals surface area (Å²) >= 11 is 5.98. The molecule has 0 fully saturated rings. The second-order valence-electron chi connectivity index (χ2n) is 7.38. The third kappa shape index (κ3) is 3.89. The maximum absolute atomic E-state index is 5.98. The maximum atomic E-state index is 5.98. The lowest BCUT2D eigenvalue weighted by Crippen LogP contribution is -2.31. The molecular weight excluding hydrogens is 370 g/mol. The molecule has 0 aliphatic carbocycles. The van der Waals surface area contributed by atoms with Crippen molar-refractivity contribution in [1.82, 2.24) is 14.9 Å². The summed E-state index contributed by atoms with van der Waals surface area (Å²) in [5.74, 6) is 1.72. The Hall–Kier alpha value is -2.43. The highest BCUT2D eigenvalue weighted by Crippen LogP contribution is 2.26. The van der Waals surface area contributed by atoms with Gasteiger partial charge in [0.2, 0.25) is 0 Å². The molecule has 1 aromatic heterocycles. The Morgan fingerprint density at radius 2 is 1.89 bits per heavy atom. The van der Waals surface area contributed by atoms with Gasteiger partial charge in [0, 0.05) is 48.4 Å². The molecule has 144 valence electrons. The summed E-state index contributed by atoms with van der Waals surface area (Å²) in [7, 11) is 1.72. The van der Waals surface area contributed by atoms with Gasteiger partial charge in [-0.05, 0) is 60.9 Å². The van der Waals surface area contributed by atoms with Crippen LogP contribution in [-0.2, 0) is 19.5 Å². The molecule has 1 aliphatic heterocycles. The summed E-state index contributed by atoms with van der Waals surface area (Å²) in [6.07, 6.45) is 2.91. The number of nitrogens with zero attached hydrogens (tertiary/aromatic N) is 3. The van der Waals surface area contributed by atoms with E-state index in [9.17, 15) is 0 Å². The Labute approximate surface area is 171 Å². The van der Waals surface area contributed by atoms with Gasteiger partial charge in [-0.3, -0.25) is 4.90 Å². The van der Waals surface area contributed by atoms with Crippen molar-refractivity contribution in [2.75, 3.05) is 13.7 Å². The Bertz CT molecular complexity index is 1000. The van der Waals surface area contributed by atoms with Crippen LogP contribution < -0.4 is 4.74 Å². The lowest BCUT2D eigenvalue weighted by atomic mass is 10.0. The highest BCUT2D eigenvalue weighted by molar-refractivity contribution is 6.30. The van der Waals surface area contributed by atoms with Gasteiger partial charge in [-0.2, -0.15) is 0 Å². The Morgan fingerprint density at radius 1 is 1.11 bits per heavy atom. The minimum atomic E-state index is 0.724. The molecule has 0 N–H and O–H groups in total. The number of halogens is 1. The van der Waals surface area contributed by atoms with Gasteiger partial charge in [-0.25, -0.2) is 9.97 Å². The van der Waals surface area contributed by atoms with Crippen LogP contribution in [0.15, 0.2) is 42.6 Å². The van der Waals surface area contributed by atoms with E-state index in [2.05, 4.69) is 35.9 Å². The zero-order chi connectivity index (χ0) is 19.7. The second kappa shape index (κ2) is 7.90. The third-order valence-electron chi connectivity index (χ3n) is 5.36. The van der Waals surface area contributed by atoms with Crippen LogP contribution in [0.4, 0.5) is 0 Å². The fourth-order valence-corrected chi connectivity index (χ4v) is 3.85. The molecule has 0 saturated carbocycles. The molecule has 3 aromatic rings. The third-order valence-corrected chi connectivity index (χ3v) is 5.61. The fourth-order valence-electron chi connectivity index (χ4n) is 3.73. The van der Waals surface area contributed by atoms with Crippen molar-refractivity contribution in [2.24, 2.45) is 0 Å². The summed E-state index contributed by atoms with van der Waals surface area (Å²) in [4.78, 5) is 11.9. The minimum Gasteiger partial charge on any atom is -0.496 e. The fraction of sp³-hybridized carbons (Fsp3) is 0.304. The van der Waals surface area contributed by atoms with Gasteiger partial charge in [0.1, 0.15) is 5.75 Å². The highest BCUT2D eigenvalue weighted by atomic mass is 35.5. The van der Waals surface area contributed by atoms with Crippen molar-refractivity contribution in [3.05, 3.63) is 75.6 Å². The van der Waals surface area contributed by atoms with E-state index >= 15 is 0 Å². The zero-order valence-electron chi connectivity index (χ0n) is 16.5. The van der Waals surface area contributed by atoms with E-state index in [4.69, 9.17) is 21.3 Å². The minimum absolute atomic E-state index is 0.724. The summed E-state index contributed by atoms with van der Waals surface area (Å²) < 4.78 is 5.43. The van der Waals surface area contributed by atoms with E-state index in [1.54, 1.807) is 7.11 Å². The van der Waals surface area contributed by atoms with Crippen LogP contribution in [0.3, 0.4) is 0 Å². The Balaban J connectivity index is 1.51. The number of hydrogen-bond acceptors (Lipinski definition) is 4. The molecule has 5 heteroatoms. The molecule has 0 radical (unpaired) electrons. The van der Waals surface area contributed by atoms with Crippen LogP contribution in [0.5, 0.6) is 5.75 Å². The van der Waals surface area contributed by atoms with Gasteiger partial charge in [-0.15, -0.1) is 0 Å². The first-order chi connectivity index (χ1) is 13.5. The molecular formula is C23H24ClN3O. The summed E-state index contributed by atoms with van der Waals surface area (Å²) in [6.45, 7) is 7.04. The molecule has 0 spiro atoms. The van der Waals surface area contributed by atoms with Crippen LogP contribution >= 0.6 is 11.6 Å². The van der Waals surface area contributed by atoms with Crippen molar-refractivity contribution < 1.29 is 4.74 Å². The van der Waals surface area contributed by atoms with Gasteiger partial charge in [0.15, 0.2) is 5.82 Å². The van der Waals surface area contributed by atoms with Crippen LogP contribution in [0.2, 0.25) is 5.02 Å². The molecule has 4 nitrogen and oxygen atoms in total. The van der Waals surface area contributed by atoms with E-state index in [0.717, 1.165) is 53.9 Å². The highest BCUT2D eigenvalue weighted by Gasteiger charge is 2.20. The van der Waals surface area contributed by atoms with Gasteiger partial charge in [0.05, 0.1) is 12.8 Å². The predicted molar refractivity (Wildman–Crippen MR) is 113 cm³/mol. The number of methoxy groups -OCH3 is 1. The first-order valence-corrected chi connectivity index (χ1v) is 9.88. The standard InChI is InChI=1S/C23H24ClN3O/c1-15-11-22(28-3)16(2)10-18(15)13-27-9-8-21-19(14-27)12-25-23(26-21)17-4-6-20(24)7-5-17/h4-7,10-12H,8-9,13-14H2,1-3H3. The molecule has 0 unspecified atom stereocenters. The summed E-state index contributed by atoms with van der Waals surface area (Å²) in [6, 6.07) is 12.1. The van der Waals surface area contributed by atoms with Crippen molar-refractivity contribution in [1.29, 1.82) is 0 Å². The van der Waals surface area contributed by atoms with Crippen molar-refractivity contribution in [3.8, 4) is 17.1 Å². The largest absolute Gasteiger partial charge is 0.496 e. The number of rotatable bonds is 4. The molecule has 0 amide bonds. The Morgan fingerprint density at radius 3 is 2.64 bits per heavy atom. The average Bonchev–Trinajstić information content (AvgIpc) is 2.70. The van der Waals surface area contributed by atoms with Crippen LogP contribution in [0.25, 0.3) is 11.4 Å². The zero-order valence-corrected chi connectivity index (χ0v) is 17.3. The van der Waals surface area contributed by atoms with E-state index < -0.39 is 0 Å². The molecule has 4 rings (SSSR count). The molecule has 1 aliphatic rings. The van der Waals surface area contributed by atoms with Crippen molar-refractivity contribution in [2.45, 2.75) is 33.4 Å². The predicted octanol–water partition coefficient (Wildman–Crippen LogP) is 4.98. The quantitative estimate of drug-likeness (QED) is 0.626. The topological polar surface area (TPSA) is 38.2 Å². The number of ether oxygens (including phenoxy) is 1. The van der Waals surface area contributed by atoms with Gasteiger partial charge in [-0.1, -0.05) is 17.7 Å². The van der Waals surface area contributed by atoms with Crippen molar-refractivity contribution >= 4 is 11.6 Å². The van der Waals surface area contributed by atoms with Crippen LogP contribution in [0.1, 0.15) is 27.9 Å². The van der Waals surface area contributed by atoms with Crippen LogP contribution in [-0.4, -0.2) is 28.5 Å². The molecule has 0 bridgehead atoms. The molecule has 28 heavy (non-hydrogen) atoms. The smallest absolute Gasteiger partial charge is 0.159 e. The van der Waals surface area contributed by atoms with Gasteiger partial charge >= 0.3 is 0 Å². The van der Waals surface area contributed by atoms with E-state index in [-0.39, 0.29) is 0 Å². The number of fused-ring (bicyclic) bond motifs is 1. The number of aromatic nitrogens is 2. The van der Waals surface area contributed by atoms with E-state index in [1.165, 1.54) is 22.3 Å². The summed E-state index contributed by atoms with van der Waals surface area (Å²) in [5, 5.41) is 0.724. The van der Waals surface area contributed by atoms with Gasteiger partial charge in [0.25, 0.3) is 0 Å². The molecule has 2 aromatic carbocycles. The van der Waals surface area contributed by atoms with Crippen LogP contribution in [0, 0.1) is 13.8 Å². The first-order valence-electron chi connectivity index (χ1n) is 9.50. The molecule has 2 heterocycles. The summed E-state index contributed by atoms with van der Waals surface area (Å²) in [5.41, 5.74) is 7.16. The second-order valence-corrected chi connectivity index (χ2v) is 7.82. The first kappa shape index (κ1) is 18.9. The molecule has 0 atom stereocenters. The Kier molecular flexibility index (Phi) is 5.33. The maximum Gasteiger partial charge on any atom is 0.159 e. The monoisotopic (exact) mass is 393 g/mol. The number of benzene rings is 2. The van der Waals surface area contributed by atoms with E-state index in [1.807, 2.05) is 30.5 Å². The SMILES string of the molecule is COc1cc(C)c(CN2CCc3nc(-c4ccc(Cl)cc4)ncc3C2)cc1C. The average molecular weight is 394 g/mol. The lowest BCUT2D eigenvalue weighted by molar-refractivity contribution is 0.242. The van der Waals surface area contributed by atoms with Gasteiger partial charge < -0.3 is 4.74 Å². The number of hydrogen-bond donors (Lipinski definition) is 0.